The van der Waals surface area contributed by atoms with Crippen molar-refractivity contribution in [3.05, 3.63) is 53.0 Å². The van der Waals surface area contributed by atoms with Gasteiger partial charge in [0.05, 0.1) is 0 Å². The van der Waals surface area contributed by atoms with E-state index < -0.39 is 47.0 Å². The molecule has 1 aromatic carbocycles. The molecular weight excluding hydrogens is 675 g/mol. The largest absolute Gasteiger partial charge is 0.477 e. The number of tetrazole rings is 1. The number of hydrogen-bond donors (Lipinski definition) is 4. The number of nitrogens with two attached hydrogens (primary N) is 2. The zero-order chi connectivity index (χ0) is 33.5. The van der Waals surface area contributed by atoms with Gasteiger partial charge >= 0.3 is 11.9 Å². The molecule has 0 bridgehead atoms. The maximum Gasteiger partial charge on any atom is 0.352 e. The van der Waals surface area contributed by atoms with Crippen LogP contribution in [0.3, 0.4) is 0 Å². The van der Waals surface area contributed by atoms with Crippen LogP contribution in [0.2, 0.25) is 0 Å². The molecule has 6 N–H and O–H groups in total. The summed E-state index contributed by atoms with van der Waals surface area (Å²) < 4.78 is 10.8. The zero-order valence-corrected chi connectivity index (χ0v) is 27.2. The molecule has 0 aliphatic carbocycles. The first kappa shape index (κ1) is 33.8. The van der Waals surface area contributed by atoms with E-state index in [1.165, 1.54) is 30.4 Å². The fourth-order valence-electron chi connectivity index (χ4n) is 4.37. The number of amides is 2. The lowest BCUT2D eigenvalue weighted by atomic mass is 10.0. The SMILES string of the molecule is CC(ON=C(C(=O)NC1C(=O)N2C(C(=O)O)=C(CSc3nnnn3CCCN)CS[C@@H]12)c1nsc(N)n1)C(=O)OCc1ccccc1. The van der Waals surface area contributed by atoms with Gasteiger partial charge in [-0.15, -0.1) is 16.9 Å². The van der Waals surface area contributed by atoms with E-state index >= 15 is 0 Å². The molecule has 2 aliphatic rings. The summed E-state index contributed by atoms with van der Waals surface area (Å²) in [5.74, 6) is -3.23. The van der Waals surface area contributed by atoms with Crippen molar-refractivity contribution in [2.75, 3.05) is 23.8 Å². The van der Waals surface area contributed by atoms with Crippen LogP contribution in [0, 0.1) is 0 Å². The van der Waals surface area contributed by atoms with Crippen LogP contribution in [0.15, 0.2) is 51.9 Å². The number of fused-ring (bicyclic) bond motifs is 1. The van der Waals surface area contributed by atoms with E-state index in [2.05, 4.69) is 35.4 Å². The number of aromatic nitrogens is 6. The predicted molar refractivity (Wildman–Crippen MR) is 170 cm³/mol. The van der Waals surface area contributed by atoms with E-state index in [9.17, 15) is 24.3 Å². The van der Waals surface area contributed by atoms with Gasteiger partial charge in [-0.1, -0.05) is 47.2 Å². The van der Waals surface area contributed by atoms with Crippen molar-refractivity contribution in [3.8, 4) is 0 Å². The maximum atomic E-state index is 13.4. The topological polar surface area (TPSA) is 256 Å². The summed E-state index contributed by atoms with van der Waals surface area (Å²) in [6.07, 6.45) is -0.545. The molecule has 3 aromatic rings. The molecule has 1 fully saturated rings. The maximum absolute atomic E-state index is 13.4. The van der Waals surface area contributed by atoms with Crippen molar-refractivity contribution in [1.82, 2.24) is 39.8 Å². The third-order valence-electron chi connectivity index (χ3n) is 6.71. The molecule has 0 spiro atoms. The summed E-state index contributed by atoms with van der Waals surface area (Å²) in [4.78, 5) is 61.8. The van der Waals surface area contributed by atoms with Crippen molar-refractivity contribution < 1.29 is 33.9 Å². The van der Waals surface area contributed by atoms with Crippen LogP contribution >= 0.6 is 35.1 Å². The minimum Gasteiger partial charge on any atom is -0.477 e. The number of esters is 1. The number of aliphatic carboxylic acids is 1. The van der Waals surface area contributed by atoms with Gasteiger partial charge in [-0.25, -0.2) is 14.3 Å². The molecule has 21 heteroatoms. The number of carbonyl (C=O) groups is 4. The number of carboxylic acid groups (broad SMARTS) is 1. The Bertz CT molecular complexity index is 1700. The molecular formula is C26H29N11O7S3. The summed E-state index contributed by atoms with van der Waals surface area (Å²) in [5.41, 5.74) is 11.9. The first-order valence-electron chi connectivity index (χ1n) is 14.0. The molecule has 5 rings (SSSR count). The second-order valence-electron chi connectivity index (χ2n) is 9.97. The summed E-state index contributed by atoms with van der Waals surface area (Å²) in [5, 5.41) is 27.8. The highest BCUT2D eigenvalue weighted by molar-refractivity contribution is 8.01. The fourth-order valence-corrected chi connectivity index (χ4v) is 7.20. The fraction of sp³-hybridized carbons (Fsp3) is 0.385. The number of nitrogen functional groups attached to an aromatic ring is 1. The molecule has 2 aliphatic heterocycles. The Balaban J connectivity index is 1.25. The standard InChI is InChI=1S/C26H29N11O7S3/c1-13(24(42)43-10-14-6-3-2-4-7-14)44-32-16(19-30-25(28)47-33-19)20(38)29-17-21(39)37-18(23(40)41)15(11-45-22(17)37)12-46-26-31-34-35-36(26)9-5-8-27/h2-4,6-7,13,17,22H,5,8-12,27H2,1H3,(H,29,38)(H,40,41)(H2,28,30,33)/t13?,17?,22-/m0/s1. The number of ether oxygens (including phenoxy) is 1. The van der Waals surface area contributed by atoms with Gasteiger partial charge in [-0.05, 0) is 41.5 Å². The number of β-lactam (4-membered cyclic amide) rings is 1. The first-order chi connectivity index (χ1) is 22.7. The monoisotopic (exact) mass is 703 g/mol. The van der Waals surface area contributed by atoms with Gasteiger partial charge < -0.3 is 31.5 Å². The molecule has 47 heavy (non-hydrogen) atoms. The second kappa shape index (κ2) is 15.3. The van der Waals surface area contributed by atoms with Crippen molar-refractivity contribution >= 4 is 69.7 Å². The quantitative estimate of drug-likeness (QED) is 0.0527. The van der Waals surface area contributed by atoms with Gasteiger partial charge in [0, 0.05) is 29.6 Å². The van der Waals surface area contributed by atoms with Crippen molar-refractivity contribution in [1.29, 1.82) is 0 Å². The lowest BCUT2D eigenvalue weighted by Crippen LogP contribution is -2.71. The molecule has 0 saturated carbocycles. The smallest absolute Gasteiger partial charge is 0.352 e. The van der Waals surface area contributed by atoms with Crippen molar-refractivity contribution in [2.24, 2.45) is 10.9 Å². The number of hydrogen-bond acceptors (Lipinski definition) is 17. The molecule has 18 nitrogen and oxygen atoms in total. The minimum absolute atomic E-state index is 0.00868. The van der Waals surface area contributed by atoms with Gasteiger partial charge in [0.25, 0.3) is 11.8 Å². The molecule has 4 heterocycles. The molecule has 1 saturated heterocycles. The molecule has 0 radical (unpaired) electrons. The normalized spacial score (nSPS) is 18.3. The Morgan fingerprint density at radius 1 is 1.28 bits per heavy atom. The van der Waals surface area contributed by atoms with Crippen LogP contribution in [-0.2, 0) is 41.9 Å². The first-order valence-corrected chi connectivity index (χ1v) is 16.8. The van der Waals surface area contributed by atoms with E-state index in [-0.39, 0.29) is 34.8 Å². The Morgan fingerprint density at radius 3 is 2.77 bits per heavy atom. The number of thioether (sulfide) groups is 2. The highest BCUT2D eigenvalue weighted by Crippen LogP contribution is 2.41. The Hall–Kier alpha value is -4.60. The Morgan fingerprint density at radius 2 is 2.06 bits per heavy atom. The minimum atomic E-state index is -1.28. The Kier molecular flexibility index (Phi) is 11.0. The van der Waals surface area contributed by atoms with Crippen LogP contribution in [0.1, 0.15) is 24.7 Å². The number of aryl methyl sites for hydroxylation is 1. The summed E-state index contributed by atoms with van der Waals surface area (Å²) in [6, 6.07) is 7.93. The van der Waals surface area contributed by atoms with Crippen LogP contribution in [0.5, 0.6) is 0 Å². The van der Waals surface area contributed by atoms with E-state index in [1.54, 1.807) is 28.9 Å². The van der Waals surface area contributed by atoms with Crippen molar-refractivity contribution in [2.45, 2.75) is 49.2 Å². The van der Waals surface area contributed by atoms with E-state index in [4.69, 9.17) is 21.0 Å². The molecule has 248 valence electrons. The van der Waals surface area contributed by atoms with Crippen LogP contribution < -0.4 is 16.8 Å². The molecule has 2 amide bonds. The molecule has 2 unspecified atom stereocenters. The number of benzene rings is 1. The number of anilines is 1. The van der Waals surface area contributed by atoms with Crippen LogP contribution in [-0.4, -0.2) is 105 Å². The van der Waals surface area contributed by atoms with Gasteiger partial charge in [0.1, 0.15) is 23.7 Å². The summed E-state index contributed by atoms with van der Waals surface area (Å²) in [6.45, 7) is 2.37. The summed E-state index contributed by atoms with van der Waals surface area (Å²) >= 11 is 3.34. The third-order valence-corrected chi connectivity index (χ3v) is 9.64. The average molecular weight is 704 g/mol. The van der Waals surface area contributed by atoms with Crippen molar-refractivity contribution in [3.63, 3.8) is 0 Å². The predicted octanol–water partition coefficient (Wildman–Crippen LogP) is -0.161. The zero-order valence-electron chi connectivity index (χ0n) is 24.7. The number of rotatable bonds is 15. The lowest BCUT2D eigenvalue weighted by Gasteiger charge is -2.49. The van der Waals surface area contributed by atoms with E-state index in [0.29, 0.717) is 30.2 Å². The van der Waals surface area contributed by atoms with Gasteiger partial charge in [0.2, 0.25) is 22.8 Å². The van der Waals surface area contributed by atoms with Gasteiger partial charge in [-0.3, -0.25) is 14.5 Å². The van der Waals surface area contributed by atoms with E-state index in [0.717, 1.165) is 22.0 Å². The summed E-state index contributed by atoms with van der Waals surface area (Å²) in [7, 11) is 0. The molecule has 3 atom stereocenters. The number of nitrogens with one attached hydrogen (secondary N) is 1. The van der Waals surface area contributed by atoms with E-state index in [1.807, 2.05) is 6.07 Å². The third kappa shape index (κ3) is 7.86. The Labute approximate surface area is 279 Å². The number of carbonyl (C=O) groups excluding carboxylic acids is 3. The average Bonchev–Trinajstić information content (AvgIpc) is 3.72. The second-order valence-corrected chi connectivity index (χ2v) is 12.8. The number of oxime groups is 1. The van der Waals surface area contributed by atoms with Crippen LogP contribution in [0.4, 0.5) is 5.13 Å². The van der Waals surface area contributed by atoms with Gasteiger partial charge in [0.15, 0.2) is 5.13 Å². The number of nitrogens with zero attached hydrogens (tertiary/aromatic N) is 8. The lowest BCUT2D eigenvalue weighted by molar-refractivity contribution is -0.157. The number of carboxylic acids is 1. The van der Waals surface area contributed by atoms with Gasteiger partial charge in [-0.2, -0.15) is 9.36 Å². The highest BCUT2D eigenvalue weighted by atomic mass is 32.2. The van der Waals surface area contributed by atoms with Crippen LogP contribution in [0.25, 0.3) is 0 Å². The highest BCUT2D eigenvalue weighted by Gasteiger charge is 2.54. The molecule has 2 aromatic heterocycles.